The van der Waals surface area contributed by atoms with Gasteiger partial charge in [-0.25, -0.2) is 19.3 Å². The zero-order chi connectivity index (χ0) is 14.8. The molecule has 4 nitrogen and oxygen atoms in total. The third kappa shape index (κ3) is 2.70. The smallest absolute Gasteiger partial charge is 0.182 e. The predicted molar refractivity (Wildman–Crippen MR) is 78.5 cm³/mol. The molecule has 2 heterocycles. The molecule has 7 heteroatoms. The summed E-state index contributed by atoms with van der Waals surface area (Å²) in [5.41, 5.74) is 0.934. The second-order valence-electron chi connectivity index (χ2n) is 4.07. The Kier molecular flexibility index (Phi) is 3.77. The highest BCUT2D eigenvalue weighted by atomic mass is 35.5. The molecular weight excluding hydrogens is 314 g/mol. The Hall–Kier alpha value is -2.11. The van der Waals surface area contributed by atoms with E-state index < -0.39 is 5.82 Å². The highest BCUT2D eigenvalue weighted by Gasteiger charge is 2.17. The summed E-state index contributed by atoms with van der Waals surface area (Å²) in [6, 6.07) is 6.14. The van der Waals surface area contributed by atoms with Crippen LogP contribution < -0.4 is 0 Å². The molecule has 0 aliphatic heterocycles. The number of rotatable bonds is 2. The van der Waals surface area contributed by atoms with Gasteiger partial charge in [0.1, 0.15) is 21.8 Å². The van der Waals surface area contributed by atoms with Crippen molar-refractivity contribution in [2.75, 3.05) is 0 Å². The maximum Gasteiger partial charge on any atom is 0.182 e. The maximum atomic E-state index is 13.9. The number of hydrogen-bond acceptors (Lipinski definition) is 4. The molecule has 3 aromatic rings. The molecule has 0 unspecified atom stereocenters. The fourth-order valence-electron chi connectivity index (χ4n) is 1.82. The highest BCUT2D eigenvalue weighted by molar-refractivity contribution is 6.37. The van der Waals surface area contributed by atoms with E-state index in [0.29, 0.717) is 5.69 Å². The zero-order valence-electron chi connectivity index (χ0n) is 10.5. The van der Waals surface area contributed by atoms with Gasteiger partial charge in [-0.2, -0.15) is 0 Å². The van der Waals surface area contributed by atoms with Crippen molar-refractivity contribution in [2.24, 2.45) is 0 Å². The molecule has 0 saturated heterocycles. The van der Waals surface area contributed by atoms with E-state index in [0.717, 1.165) is 0 Å². The quantitative estimate of drug-likeness (QED) is 0.668. The fourth-order valence-corrected chi connectivity index (χ4v) is 2.41. The van der Waals surface area contributed by atoms with E-state index in [2.05, 4.69) is 19.9 Å². The molecule has 0 saturated carbocycles. The number of aromatic nitrogens is 4. The lowest BCUT2D eigenvalue weighted by molar-refractivity contribution is 0.631. The van der Waals surface area contributed by atoms with Gasteiger partial charge in [-0.3, -0.25) is 4.98 Å². The van der Waals surface area contributed by atoms with E-state index in [1.54, 1.807) is 18.2 Å². The first-order valence-electron chi connectivity index (χ1n) is 5.91. The largest absolute Gasteiger partial charge is 0.261 e. The Labute approximate surface area is 129 Å². The Bertz CT molecular complexity index is 773. The van der Waals surface area contributed by atoms with Crippen LogP contribution in [0.3, 0.4) is 0 Å². The average molecular weight is 321 g/mol. The van der Waals surface area contributed by atoms with Gasteiger partial charge in [-0.1, -0.05) is 41.4 Å². The van der Waals surface area contributed by atoms with Crippen LogP contribution in [0, 0.1) is 5.82 Å². The van der Waals surface area contributed by atoms with Gasteiger partial charge in [-0.15, -0.1) is 0 Å². The second kappa shape index (κ2) is 5.71. The van der Waals surface area contributed by atoms with Gasteiger partial charge in [0.25, 0.3) is 0 Å². The predicted octanol–water partition coefficient (Wildman–Crippen LogP) is 4.05. The summed E-state index contributed by atoms with van der Waals surface area (Å²) in [4.78, 5) is 16.2. The second-order valence-corrected chi connectivity index (χ2v) is 4.79. The van der Waals surface area contributed by atoms with Crippen LogP contribution in [0.25, 0.3) is 22.6 Å². The van der Waals surface area contributed by atoms with E-state index in [4.69, 9.17) is 23.2 Å². The lowest BCUT2D eigenvalue weighted by Crippen LogP contribution is -1.97. The van der Waals surface area contributed by atoms with Crippen molar-refractivity contribution >= 4 is 23.2 Å². The minimum Gasteiger partial charge on any atom is -0.261 e. The maximum absolute atomic E-state index is 13.9. The third-order valence-electron chi connectivity index (χ3n) is 2.76. The molecule has 2 aromatic heterocycles. The molecule has 0 aliphatic carbocycles. The van der Waals surface area contributed by atoms with Crippen LogP contribution in [0.2, 0.25) is 10.3 Å². The molecule has 1 aromatic carbocycles. The van der Waals surface area contributed by atoms with Gasteiger partial charge in [0.2, 0.25) is 0 Å². The number of nitrogens with zero attached hydrogens (tertiary/aromatic N) is 4. The molecule has 0 amide bonds. The molecule has 0 aliphatic rings. The molecule has 0 N–H and O–H groups in total. The van der Waals surface area contributed by atoms with Gasteiger partial charge in [0, 0.05) is 18.0 Å². The monoisotopic (exact) mass is 320 g/mol. The van der Waals surface area contributed by atoms with Crippen LogP contribution in [0.5, 0.6) is 0 Å². The molecule has 0 fully saturated rings. The van der Waals surface area contributed by atoms with Crippen molar-refractivity contribution in [3.05, 3.63) is 59.0 Å². The van der Waals surface area contributed by atoms with Gasteiger partial charge < -0.3 is 0 Å². The molecule has 0 spiro atoms. The molecule has 0 bridgehead atoms. The Balaban J connectivity index is 2.16. The minimum absolute atomic E-state index is 0.0563. The highest BCUT2D eigenvalue weighted by Crippen LogP contribution is 2.35. The molecule has 21 heavy (non-hydrogen) atoms. The summed E-state index contributed by atoms with van der Waals surface area (Å²) < 4.78 is 13.9. The first kappa shape index (κ1) is 13.9. The van der Waals surface area contributed by atoms with Gasteiger partial charge in [0.05, 0.1) is 11.8 Å². The van der Waals surface area contributed by atoms with Gasteiger partial charge in [-0.05, 0) is 6.07 Å². The summed E-state index contributed by atoms with van der Waals surface area (Å²) in [6.45, 7) is 0. The normalized spacial score (nSPS) is 10.6. The lowest BCUT2D eigenvalue weighted by atomic mass is 10.1. The van der Waals surface area contributed by atoms with E-state index >= 15 is 0 Å². The van der Waals surface area contributed by atoms with Crippen LogP contribution in [-0.4, -0.2) is 19.9 Å². The zero-order valence-corrected chi connectivity index (χ0v) is 12.0. The first-order valence-corrected chi connectivity index (χ1v) is 6.66. The number of halogens is 3. The third-order valence-corrected chi connectivity index (χ3v) is 3.30. The lowest BCUT2D eigenvalue weighted by Gasteiger charge is -2.08. The van der Waals surface area contributed by atoms with Crippen molar-refractivity contribution < 1.29 is 4.39 Å². The Morgan fingerprint density at radius 1 is 0.952 bits per heavy atom. The van der Waals surface area contributed by atoms with Crippen molar-refractivity contribution in [1.29, 1.82) is 0 Å². The van der Waals surface area contributed by atoms with Crippen molar-refractivity contribution in [3.63, 3.8) is 0 Å². The summed E-state index contributed by atoms with van der Waals surface area (Å²) in [5, 5.41) is 0.113. The standard InChI is InChI=1S/C14H7Cl2FN4/c15-12-11(8-3-1-2-4-9(8)17)13(16)21-14(20-12)10-7-18-5-6-19-10/h1-7H. The molecular formula is C14H7Cl2FN4. The number of hydrogen-bond donors (Lipinski definition) is 0. The van der Waals surface area contributed by atoms with E-state index in [1.165, 1.54) is 24.7 Å². The fraction of sp³-hybridized carbons (Fsp3) is 0. The SMILES string of the molecule is Fc1ccccc1-c1c(Cl)nc(-c2cnccn2)nc1Cl. The molecule has 0 atom stereocenters. The van der Waals surface area contributed by atoms with Crippen molar-refractivity contribution in [1.82, 2.24) is 19.9 Å². The van der Waals surface area contributed by atoms with E-state index in [1.807, 2.05) is 0 Å². The summed E-state index contributed by atoms with van der Waals surface area (Å²) >= 11 is 12.3. The van der Waals surface area contributed by atoms with Gasteiger partial charge in [0.15, 0.2) is 5.82 Å². The minimum atomic E-state index is -0.447. The molecule has 0 radical (unpaired) electrons. The van der Waals surface area contributed by atoms with Crippen LogP contribution in [0.15, 0.2) is 42.9 Å². The average Bonchev–Trinajstić information content (AvgIpc) is 2.49. The summed E-state index contributed by atoms with van der Waals surface area (Å²) in [5.74, 6) is -0.213. The van der Waals surface area contributed by atoms with Crippen LogP contribution in [-0.2, 0) is 0 Å². The van der Waals surface area contributed by atoms with Gasteiger partial charge >= 0.3 is 0 Å². The van der Waals surface area contributed by atoms with E-state index in [9.17, 15) is 4.39 Å². The topological polar surface area (TPSA) is 51.6 Å². The van der Waals surface area contributed by atoms with Crippen LogP contribution in [0.1, 0.15) is 0 Å². The summed E-state index contributed by atoms with van der Waals surface area (Å²) in [6.07, 6.45) is 4.52. The Morgan fingerprint density at radius 3 is 2.29 bits per heavy atom. The first-order chi connectivity index (χ1) is 10.2. The van der Waals surface area contributed by atoms with Crippen molar-refractivity contribution in [2.45, 2.75) is 0 Å². The number of benzene rings is 1. The van der Waals surface area contributed by atoms with Crippen LogP contribution >= 0.6 is 23.2 Å². The molecule has 104 valence electrons. The van der Waals surface area contributed by atoms with Crippen LogP contribution in [0.4, 0.5) is 4.39 Å². The van der Waals surface area contributed by atoms with E-state index in [-0.39, 0.29) is 27.3 Å². The summed E-state index contributed by atoms with van der Waals surface area (Å²) in [7, 11) is 0. The molecule has 3 rings (SSSR count). The van der Waals surface area contributed by atoms with Crippen molar-refractivity contribution in [3.8, 4) is 22.6 Å². The Morgan fingerprint density at radius 2 is 1.67 bits per heavy atom.